The lowest BCUT2D eigenvalue weighted by Gasteiger charge is -2.07. The molecule has 0 aromatic heterocycles. The van der Waals surface area contributed by atoms with E-state index in [-0.39, 0.29) is 25.4 Å². The topological polar surface area (TPSA) is 96.2 Å². The minimum absolute atomic E-state index is 0.0662. The zero-order valence-electron chi connectivity index (χ0n) is 8.55. The van der Waals surface area contributed by atoms with Crippen molar-refractivity contribution in [1.29, 1.82) is 0 Å². The number of esters is 1. The molecule has 0 aliphatic heterocycles. The predicted octanol–water partition coefficient (Wildman–Crippen LogP) is -1.20. The summed E-state index contributed by atoms with van der Waals surface area (Å²) in [5.74, 6) is -0.595. The van der Waals surface area contributed by atoms with Crippen LogP contribution in [0.4, 0.5) is 0 Å². The Hall–Kier alpha value is -1.11. The highest BCUT2D eigenvalue weighted by Crippen LogP contribution is 1.97. The third-order valence-electron chi connectivity index (χ3n) is 1.41. The van der Waals surface area contributed by atoms with E-state index < -0.39 is 18.7 Å². The Kier molecular flexibility index (Phi) is 7.61. The summed E-state index contributed by atoms with van der Waals surface area (Å²) >= 11 is 0. The molecule has 0 rings (SSSR count). The molecule has 1 atom stereocenters. The zero-order chi connectivity index (χ0) is 11.7. The molecule has 1 unspecified atom stereocenters. The fourth-order valence-corrected chi connectivity index (χ4v) is 0.637. The summed E-state index contributed by atoms with van der Waals surface area (Å²) in [4.78, 5) is 11.1. The van der Waals surface area contributed by atoms with Gasteiger partial charge in [0.2, 0.25) is 0 Å². The molecule has 15 heavy (non-hydrogen) atoms. The van der Waals surface area contributed by atoms with Crippen molar-refractivity contribution < 1.29 is 29.6 Å². The van der Waals surface area contributed by atoms with Crippen molar-refractivity contribution >= 4 is 5.97 Å². The van der Waals surface area contributed by atoms with Gasteiger partial charge in [-0.15, -0.1) is 0 Å². The summed E-state index contributed by atoms with van der Waals surface area (Å²) in [5.41, 5.74) is 0.216. The average molecular weight is 220 g/mol. The van der Waals surface area contributed by atoms with Gasteiger partial charge in [-0.25, -0.2) is 4.79 Å². The highest BCUT2D eigenvalue weighted by molar-refractivity contribution is 5.87. The third-order valence-corrected chi connectivity index (χ3v) is 1.41. The van der Waals surface area contributed by atoms with Gasteiger partial charge >= 0.3 is 5.97 Å². The molecule has 0 aliphatic carbocycles. The van der Waals surface area contributed by atoms with Crippen LogP contribution in [0.2, 0.25) is 0 Å². The number of aliphatic hydroxyl groups excluding tert-OH is 3. The molecule has 0 amide bonds. The molecule has 0 aliphatic rings. The summed E-state index contributed by atoms with van der Waals surface area (Å²) in [6.07, 6.45) is 0.168. The largest absolute Gasteiger partial charge is 0.498 e. The Labute approximate surface area is 87.7 Å². The zero-order valence-corrected chi connectivity index (χ0v) is 8.55. The maximum atomic E-state index is 11.1. The highest BCUT2D eigenvalue weighted by Gasteiger charge is 2.06. The van der Waals surface area contributed by atoms with Crippen LogP contribution < -0.4 is 0 Å². The number of hydrogen-bond donors (Lipinski definition) is 3. The summed E-state index contributed by atoms with van der Waals surface area (Å²) in [6, 6.07) is 0. The van der Waals surface area contributed by atoms with E-state index in [0.717, 1.165) is 6.26 Å². The number of hydrogen-bond acceptors (Lipinski definition) is 6. The van der Waals surface area contributed by atoms with Crippen LogP contribution in [0.5, 0.6) is 0 Å². The summed E-state index contributed by atoms with van der Waals surface area (Å²) in [5, 5.41) is 25.7. The van der Waals surface area contributed by atoms with Crippen LogP contribution in [0.25, 0.3) is 0 Å². The van der Waals surface area contributed by atoms with E-state index in [9.17, 15) is 4.79 Å². The first-order valence-corrected chi connectivity index (χ1v) is 4.47. The molecular weight excluding hydrogens is 204 g/mol. The van der Waals surface area contributed by atoms with Gasteiger partial charge in [-0.1, -0.05) is 0 Å². The van der Waals surface area contributed by atoms with Gasteiger partial charge in [0, 0.05) is 0 Å². The van der Waals surface area contributed by atoms with E-state index in [1.165, 1.54) is 6.92 Å². The Bertz CT molecular complexity index is 213. The van der Waals surface area contributed by atoms with Gasteiger partial charge in [-0.2, -0.15) is 0 Å². The second-order valence-electron chi connectivity index (χ2n) is 2.83. The van der Waals surface area contributed by atoms with Crippen molar-refractivity contribution in [3.05, 3.63) is 11.8 Å². The van der Waals surface area contributed by atoms with Crippen molar-refractivity contribution in [2.45, 2.75) is 13.0 Å². The molecule has 0 radical (unpaired) electrons. The van der Waals surface area contributed by atoms with Crippen molar-refractivity contribution in [2.24, 2.45) is 0 Å². The molecule has 6 heteroatoms. The van der Waals surface area contributed by atoms with Gasteiger partial charge in [-0.05, 0) is 6.92 Å². The van der Waals surface area contributed by atoms with E-state index in [1.54, 1.807) is 0 Å². The molecule has 0 aromatic carbocycles. The average Bonchev–Trinajstić information content (AvgIpc) is 2.25. The van der Waals surface area contributed by atoms with Gasteiger partial charge in [-0.3, -0.25) is 0 Å². The quantitative estimate of drug-likeness (QED) is 0.283. The normalized spacial score (nSPS) is 13.5. The van der Waals surface area contributed by atoms with Crippen LogP contribution in [-0.2, 0) is 14.3 Å². The van der Waals surface area contributed by atoms with Gasteiger partial charge in [0.15, 0.2) is 0 Å². The van der Waals surface area contributed by atoms with Gasteiger partial charge in [0.1, 0.15) is 19.3 Å². The number of ether oxygens (including phenoxy) is 2. The van der Waals surface area contributed by atoms with Crippen LogP contribution in [0.1, 0.15) is 6.92 Å². The molecule has 0 aromatic rings. The number of aliphatic hydroxyl groups is 3. The monoisotopic (exact) mass is 220 g/mol. The van der Waals surface area contributed by atoms with Crippen molar-refractivity contribution in [1.82, 2.24) is 0 Å². The molecule has 3 N–H and O–H groups in total. The molecule has 0 spiro atoms. The minimum Gasteiger partial charge on any atom is -0.498 e. The third kappa shape index (κ3) is 6.89. The summed E-state index contributed by atoms with van der Waals surface area (Å²) < 4.78 is 9.40. The molecule has 88 valence electrons. The SMILES string of the molecule is CC(=COCC(O)CO)C(=O)OCCO. The first-order chi connectivity index (χ1) is 7.11. The molecule has 0 saturated carbocycles. The second-order valence-corrected chi connectivity index (χ2v) is 2.83. The number of carbonyl (C=O) groups excluding carboxylic acids is 1. The maximum absolute atomic E-state index is 11.1. The molecule has 0 fully saturated rings. The van der Waals surface area contributed by atoms with Gasteiger partial charge < -0.3 is 24.8 Å². The van der Waals surface area contributed by atoms with Crippen LogP contribution in [0.3, 0.4) is 0 Å². The number of carbonyl (C=O) groups is 1. The second kappa shape index (κ2) is 8.22. The molecule has 0 saturated heterocycles. The van der Waals surface area contributed by atoms with Crippen LogP contribution in [-0.4, -0.2) is 53.8 Å². The fraction of sp³-hybridized carbons (Fsp3) is 0.667. The summed E-state index contributed by atoms with van der Waals surface area (Å²) in [7, 11) is 0. The predicted molar refractivity (Wildman–Crippen MR) is 50.8 cm³/mol. The molecular formula is C9H16O6. The first kappa shape index (κ1) is 13.9. The van der Waals surface area contributed by atoms with Crippen molar-refractivity contribution in [3.8, 4) is 0 Å². The lowest BCUT2D eigenvalue weighted by molar-refractivity contribution is -0.140. The van der Waals surface area contributed by atoms with Gasteiger partial charge in [0.05, 0.1) is 25.0 Å². The molecule has 0 bridgehead atoms. The molecule has 6 nitrogen and oxygen atoms in total. The Balaban J connectivity index is 3.81. The first-order valence-electron chi connectivity index (χ1n) is 4.47. The van der Waals surface area contributed by atoms with E-state index in [4.69, 9.17) is 20.1 Å². The van der Waals surface area contributed by atoms with E-state index in [2.05, 4.69) is 4.74 Å². The van der Waals surface area contributed by atoms with Crippen LogP contribution >= 0.6 is 0 Å². The number of rotatable bonds is 7. The Morgan fingerprint density at radius 2 is 2.13 bits per heavy atom. The van der Waals surface area contributed by atoms with E-state index in [0.29, 0.717) is 0 Å². The Morgan fingerprint density at radius 1 is 1.47 bits per heavy atom. The smallest absolute Gasteiger partial charge is 0.336 e. The maximum Gasteiger partial charge on any atom is 0.336 e. The fourth-order valence-electron chi connectivity index (χ4n) is 0.637. The Morgan fingerprint density at radius 3 is 2.67 bits per heavy atom. The van der Waals surface area contributed by atoms with Crippen molar-refractivity contribution in [3.63, 3.8) is 0 Å². The summed E-state index contributed by atoms with van der Waals surface area (Å²) in [6.45, 7) is 0.681. The highest BCUT2D eigenvalue weighted by atomic mass is 16.5. The standard InChI is InChI=1S/C9H16O6/c1-7(9(13)15-3-2-10)5-14-6-8(12)4-11/h5,8,10-12H,2-4,6H2,1H3. The van der Waals surface area contributed by atoms with Crippen LogP contribution in [0, 0.1) is 0 Å². The minimum atomic E-state index is -0.970. The lowest BCUT2D eigenvalue weighted by Crippen LogP contribution is -2.18. The van der Waals surface area contributed by atoms with Gasteiger partial charge in [0.25, 0.3) is 0 Å². The van der Waals surface area contributed by atoms with E-state index in [1.807, 2.05) is 0 Å². The van der Waals surface area contributed by atoms with Crippen LogP contribution in [0.15, 0.2) is 11.8 Å². The van der Waals surface area contributed by atoms with E-state index >= 15 is 0 Å². The molecule has 0 heterocycles. The lowest BCUT2D eigenvalue weighted by atomic mass is 10.3. The van der Waals surface area contributed by atoms with Crippen molar-refractivity contribution in [2.75, 3.05) is 26.4 Å².